The number of fused-ring (bicyclic) bond motifs is 1. The van der Waals surface area contributed by atoms with Crippen LogP contribution in [0.1, 0.15) is 0 Å². The molecule has 0 saturated carbocycles. The van der Waals surface area contributed by atoms with Crippen LogP contribution in [0.3, 0.4) is 0 Å². The molecule has 4 rings (SSSR count). The van der Waals surface area contributed by atoms with Gasteiger partial charge in [0, 0.05) is 11.6 Å². The van der Waals surface area contributed by atoms with Gasteiger partial charge < -0.3 is 14.8 Å². The number of anilines is 1. The number of hydrogen-bond acceptors (Lipinski definition) is 7. The SMILES string of the molecule is COc1cccc(-c2nc(SCC(=O)Nc3ccccc3OC)n3[nH]c(=O)cc3n2)c1. The number of aromatic amines is 1. The van der Waals surface area contributed by atoms with Crippen molar-refractivity contribution >= 4 is 29.0 Å². The normalized spacial score (nSPS) is 10.8. The lowest BCUT2D eigenvalue weighted by molar-refractivity contribution is -0.113. The van der Waals surface area contributed by atoms with Gasteiger partial charge in [-0.05, 0) is 24.3 Å². The molecule has 0 aliphatic heterocycles. The number of H-pyrrole nitrogens is 1. The highest BCUT2D eigenvalue weighted by atomic mass is 32.2. The number of para-hydroxylation sites is 2. The van der Waals surface area contributed by atoms with E-state index in [0.717, 1.165) is 5.56 Å². The Hall–Kier alpha value is -3.79. The minimum atomic E-state index is -0.308. The topological polar surface area (TPSA) is 111 Å². The Morgan fingerprint density at radius 3 is 2.74 bits per heavy atom. The summed E-state index contributed by atoms with van der Waals surface area (Å²) in [4.78, 5) is 33.4. The van der Waals surface area contributed by atoms with E-state index in [2.05, 4.69) is 20.4 Å². The van der Waals surface area contributed by atoms with Crippen molar-refractivity contribution in [3.8, 4) is 22.9 Å². The molecule has 0 saturated heterocycles. The maximum atomic E-state index is 12.5. The molecular weight excluding hydrogens is 418 g/mol. The smallest absolute Gasteiger partial charge is 0.266 e. The molecule has 158 valence electrons. The third kappa shape index (κ3) is 4.53. The molecular formula is C21H19N5O4S. The molecule has 0 aliphatic carbocycles. The number of carbonyl (C=O) groups is 1. The maximum Gasteiger partial charge on any atom is 0.266 e. The van der Waals surface area contributed by atoms with E-state index in [1.165, 1.54) is 22.3 Å². The largest absolute Gasteiger partial charge is 0.497 e. The lowest BCUT2D eigenvalue weighted by atomic mass is 10.2. The highest BCUT2D eigenvalue weighted by Crippen LogP contribution is 2.26. The average Bonchev–Trinajstić information content (AvgIpc) is 3.18. The first-order valence-corrected chi connectivity index (χ1v) is 10.3. The first-order chi connectivity index (χ1) is 15.1. The number of aromatic nitrogens is 4. The Bertz CT molecular complexity index is 1300. The summed E-state index contributed by atoms with van der Waals surface area (Å²) in [6, 6.07) is 15.8. The van der Waals surface area contributed by atoms with Gasteiger partial charge in [0.1, 0.15) is 11.5 Å². The van der Waals surface area contributed by atoms with E-state index < -0.39 is 0 Å². The second kappa shape index (κ2) is 8.92. The van der Waals surface area contributed by atoms with Crippen LogP contribution < -0.4 is 20.3 Å². The fraction of sp³-hybridized carbons (Fsp3) is 0.143. The molecule has 4 aromatic rings. The van der Waals surface area contributed by atoms with Crippen molar-refractivity contribution in [3.63, 3.8) is 0 Å². The minimum Gasteiger partial charge on any atom is -0.497 e. The molecule has 0 atom stereocenters. The summed E-state index contributed by atoms with van der Waals surface area (Å²) >= 11 is 1.18. The van der Waals surface area contributed by atoms with Crippen LogP contribution in [-0.2, 0) is 4.79 Å². The summed E-state index contributed by atoms with van der Waals surface area (Å²) in [5, 5.41) is 5.91. The van der Waals surface area contributed by atoms with Crippen LogP contribution in [-0.4, -0.2) is 45.5 Å². The fourth-order valence-electron chi connectivity index (χ4n) is 2.94. The summed E-state index contributed by atoms with van der Waals surface area (Å²) in [5.41, 5.74) is 1.41. The van der Waals surface area contributed by atoms with Gasteiger partial charge in [0.2, 0.25) is 5.91 Å². The number of nitrogens with zero attached hydrogens (tertiary/aromatic N) is 3. The number of ether oxygens (including phenoxy) is 2. The Labute approximate surface area is 181 Å². The van der Waals surface area contributed by atoms with Crippen LogP contribution >= 0.6 is 11.8 Å². The maximum absolute atomic E-state index is 12.5. The minimum absolute atomic E-state index is 0.0714. The van der Waals surface area contributed by atoms with Crippen molar-refractivity contribution in [2.45, 2.75) is 5.16 Å². The molecule has 0 fully saturated rings. The quantitative estimate of drug-likeness (QED) is 0.428. The standard InChI is InChI=1S/C21H19N5O4S/c1-29-14-7-5-6-13(10-14)20-23-17-11-18(27)25-26(17)21(24-20)31-12-19(28)22-15-8-3-4-9-16(15)30-2/h3-11H,12H2,1-2H3,(H,22,28)(H,25,27). The zero-order valence-electron chi connectivity index (χ0n) is 16.8. The third-order valence-electron chi connectivity index (χ3n) is 4.37. The Morgan fingerprint density at radius 2 is 1.94 bits per heavy atom. The predicted octanol–water partition coefficient (Wildman–Crippen LogP) is 2.83. The number of rotatable bonds is 7. The molecule has 10 heteroatoms. The van der Waals surface area contributed by atoms with Gasteiger partial charge in [0.25, 0.3) is 5.56 Å². The number of benzene rings is 2. The second-order valence-corrected chi connectivity index (χ2v) is 7.36. The summed E-state index contributed by atoms with van der Waals surface area (Å²) < 4.78 is 12.0. The van der Waals surface area contributed by atoms with Crippen molar-refractivity contribution in [3.05, 3.63) is 65.0 Å². The first kappa shape index (κ1) is 20.5. The Balaban J connectivity index is 1.60. The van der Waals surface area contributed by atoms with E-state index in [4.69, 9.17) is 9.47 Å². The van der Waals surface area contributed by atoms with Gasteiger partial charge in [-0.3, -0.25) is 14.7 Å². The van der Waals surface area contributed by atoms with E-state index in [-0.39, 0.29) is 17.2 Å². The van der Waals surface area contributed by atoms with Crippen LogP contribution in [0.15, 0.2) is 64.5 Å². The zero-order valence-corrected chi connectivity index (χ0v) is 17.6. The van der Waals surface area contributed by atoms with Crippen LogP contribution in [0.25, 0.3) is 17.0 Å². The van der Waals surface area contributed by atoms with Crippen molar-refractivity contribution in [2.75, 3.05) is 25.3 Å². The number of carbonyl (C=O) groups excluding carboxylic acids is 1. The van der Waals surface area contributed by atoms with Gasteiger partial charge >= 0.3 is 0 Å². The first-order valence-electron chi connectivity index (χ1n) is 9.27. The van der Waals surface area contributed by atoms with Gasteiger partial charge in [0.05, 0.1) is 25.7 Å². The van der Waals surface area contributed by atoms with Crippen molar-refractivity contribution < 1.29 is 14.3 Å². The number of amides is 1. The molecule has 0 unspecified atom stereocenters. The molecule has 0 radical (unpaired) electrons. The predicted molar refractivity (Wildman–Crippen MR) is 118 cm³/mol. The molecule has 0 bridgehead atoms. The van der Waals surface area contributed by atoms with Gasteiger partial charge in [-0.2, -0.15) is 0 Å². The molecule has 0 spiro atoms. The third-order valence-corrected chi connectivity index (χ3v) is 5.30. The highest BCUT2D eigenvalue weighted by Gasteiger charge is 2.14. The van der Waals surface area contributed by atoms with E-state index in [1.54, 1.807) is 32.4 Å². The lowest BCUT2D eigenvalue weighted by Gasteiger charge is -2.10. The zero-order chi connectivity index (χ0) is 21.8. The summed E-state index contributed by atoms with van der Waals surface area (Å²) in [7, 11) is 3.12. The van der Waals surface area contributed by atoms with E-state index in [1.807, 2.05) is 30.3 Å². The monoisotopic (exact) mass is 437 g/mol. The van der Waals surface area contributed by atoms with E-state index in [9.17, 15) is 9.59 Å². The molecule has 0 aliphatic rings. The molecule has 31 heavy (non-hydrogen) atoms. The van der Waals surface area contributed by atoms with Crippen LogP contribution in [0.4, 0.5) is 5.69 Å². The van der Waals surface area contributed by atoms with Gasteiger partial charge in [-0.25, -0.2) is 14.5 Å². The number of thioether (sulfide) groups is 1. The van der Waals surface area contributed by atoms with Crippen molar-refractivity contribution in [2.24, 2.45) is 0 Å². The fourth-order valence-corrected chi connectivity index (χ4v) is 3.69. The van der Waals surface area contributed by atoms with Gasteiger partial charge in [0.15, 0.2) is 16.6 Å². The van der Waals surface area contributed by atoms with Gasteiger partial charge in [-0.1, -0.05) is 36.0 Å². The Morgan fingerprint density at radius 1 is 1.10 bits per heavy atom. The molecule has 2 N–H and O–H groups in total. The highest BCUT2D eigenvalue weighted by molar-refractivity contribution is 7.99. The number of nitrogens with one attached hydrogen (secondary N) is 2. The molecule has 1 amide bonds. The van der Waals surface area contributed by atoms with Crippen molar-refractivity contribution in [1.82, 2.24) is 19.6 Å². The van der Waals surface area contributed by atoms with Crippen LogP contribution in [0.2, 0.25) is 0 Å². The second-order valence-electron chi connectivity index (χ2n) is 6.41. The summed E-state index contributed by atoms with van der Waals surface area (Å²) in [6.45, 7) is 0. The molecule has 2 heterocycles. The molecule has 2 aromatic carbocycles. The number of methoxy groups -OCH3 is 2. The molecule has 9 nitrogen and oxygen atoms in total. The van der Waals surface area contributed by atoms with Crippen molar-refractivity contribution in [1.29, 1.82) is 0 Å². The lowest BCUT2D eigenvalue weighted by Crippen LogP contribution is -2.15. The summed E-state index contributed by atoms with van der Waals surface area (Å²) in [6.07, 6.45) is 0. The Kier molecular flexibility index (Phi) is 5.89. The molecule has 2 aromatic heterocycles. The van der Waals surface area contributed by atoms with Crippen LogP contribution in [0, 0.1) is 0 Å². The number of hydrogen-bond donors (Lipinski definition) is 2. The summed E-state index contributed by atoms with van der Waals surface area (Å²) in [5.74, 6) is 1.49. The van der Waals surface area contributed by atoms with Crippen LogP contribution in [0.5, 0.6) is 11.5 Å². The van der Waals surface area contributed by atoms with Gasteiger partial charge in [-0.15, -0.1) is 0 Å². The average molecular weight is 437 g/mol. The van der Waals surface area contributed by atoms with E-state index >= 15 is 0 Å². The van der Waals surface area contributed by atoms with E-state index in [0.29, 0.717) is 33.8 Å².